The number of rotatable bonds is 1. The molecule has 3 nitrogen and oxygen atoms in total. The summed E-state index contributed by atoms with van der Waals surface area (Å²) in [7, 11) is -2.94. The Kier molecular flexibility index (Phi) is 2.25. The van der Waals surface area contributed by atoms with Crippen molar-refractivity contribution in [2.45, 2.75) is 13.8 Å². The van der Waals surface area contributed by atoms with E-state index in [0.717, 1.165) is 0 Å². The summed E-state index contributed by atoms with van der Waals surface area (Å²) in [6.07, 6.45) is 1.28. The van der Waals surface area contributed by atoms with Crippen molar-refractivity contribution in [3.05, 3.63) is 0 Å². The molecule has 1 aliphatic heterocycles. The smallest absolute Gasteiger partial charge is 0.211 e. The van der Waals surface area contributed by atoms with Gasteiger partial charge >= 0.3 is 0 Å². The summed E-state index contributed by atoms with van der Waals surface area (Å²) in [5, 5.41) is 0. The lowest BCUT2D eigenvalue weighted by Gasteiger charge is -2.11. The third-order valence-electron chi connectivity index (χ3n) is 2.42. The molecule has 0 spiro atoms. The Labute approximate surface area is 68.4 Å². The lowest BCUT2D eigenvalue weighted by Crippen LogP contribution is -2.27. The van der Waals surface area contributed by atoms with Gasteiger partial charge in [-0.05, 0) is 11.8 Å². The monoisotopic (exact) mass is 177 g/mol. The van der Waals surface area contributed by atoms with Crippen LogP contribution in [-0.4, -0.2) is 32.1 Å². The molecule has 0 aromatic rings. The van der Waals surface area contributed by atoms with Gasteiger partial charge in [0.15, 0.2) is 0 Å². The Morgan fingerprint density at radius 3 is 1.73 bits per heavy atom. The minimum Gasteiger partial charge on any atom is -0.213 e. The van der Waals surface area contributed by atoms with Gasteiger partial charge in [0.25, 0.3) is 0 Å². The molecule has 0 N–H and O–H groups in total. The standard InChI is InChI=1S/C7H15NO2S/c1-6-4-8(5-7(6)2)11(3,9)10/h6-7H,4-5H2,1-3H3. The number of hydrogen-bond donors (Lipinski definition) is 0. The van der Waals surface area contributed by atoms with E-state index in [2.05, 4.69) is 13.8 Å². The molecule has 1 saturated heterocycles. The van der Waals surface area contributed by atoms with Crippen LogP contribution >= 0.6 is 0 Å². The zero-order valence-electron chi connectivity index (χ0n) is 7.24. The molecule has 0 aromatic heterocycles. The van der Waals surface area contributed by atoms with Crippen LogP contribution in [0, 0.1) is 11.8 Å². The van der Waals surface area contributed by atoms with Crippen LogP contribution in [-0.2, 0) is 10.0 Å². The fourth-order valence-electron chi connectivity index (χ4n) is 1.35. The Morgan fingerprint density at radius 2 is 1.55 bits per heavy atom. The predicted molar refractivity (Wildman–Crippen MR) is 44.7 cm³/mol. The van der Waals surface area contributed by atoms with Crippen molar-refractivity contribution in [1.29, 1.82) is 0 Å². The van der Waals surface area contributed by atoms with Crippen molar-refractivity contribution in [2.75, 3.05) is 19.3 Å². The summed E-state index contributed by atoms with van der Waals surface area (Å²) in [5.41, 5.74) is 0. The Balaban J connectivity index is 2.69. The normalized spacial score (nSPS) is 34.5. The average Bonchev–Trinajstić information content (AvgIpc) is 2.11. The first-order valence-corrected chi connectivity index (χ1v) is 5.71. The van der Waals surface area contributed by atoms with Crippen molar-refractivity contribution in [3.8, 4) is 0 Å². The molecule has 4 heteroatoms. The number of sulfonamides is 1. The van der Waals surface area contributed by atoms with Crippen LogP contribution in [0.4, 0.5) is 0 Å². The average molecular weight is 177 g/mol. The van der Waals surface area contributed by atoms with Crippen molar-refractivity contribution in [2.24, 2.45) is 11.8 Å². The summed E-state index contributed by atoms with van der Waals surface area (Å²) in [5.74, 6) is 1.01. The van der Waals surface area contributed by atoms with E-state index in [-0.39, 0.29) is 0 Å². The minimum atomic E-state index is -2.94. The van der Waals surface area contributed by atoms with Gasteiger partial charge in [-0.1, -0.05) is 13.8 Å². The highest BCUT2D eigenvalue weighted by Crippen LogP contribution is 2.23. The van der Waals surface area contributed by atoms with E-state index in [0.29, 0.717) is 24.9 Å². The van der Waals surface area contributed by atoms with E-state index >= 15 is 0 Å². The van der Waals surface area contributed by atoms with E-state index in [9.17, 15) is 8.42 Å². The van der Waals surface area contributed by atoms with Gasteiger partial charge in [0.2, 0.25) is 10.0 Å². The maximum Gasteiger partial charge on any atom is 0.211 e. The molecule has 0 bridgehead atoms. The third kappa shape index (κ3) is 1.93. The summed E-state index contributed by atoms with van der Waals surface area (Å²) in [4.78, 5) is 0. The van der Waals surface area contributed by atoms with Crippen LogP contribution in [0.25, 0.3) is 0 Å². The molecular formula is C7H15NO2S. The van der Waals surface area contributed by atoms with E-state index in [4.69, 9.17) is 0 Å². The SMILES string of the molecule is CC1CN(S(C)(=O)=O)CC1C. The molecular weight excluding hydrogens is 162 g/mol. The van der Waals surface area contributed by atoms with Crippen LogP contribution in [0.1, 0.15) is 13.8 Å². The molecule has 0 saturated carbocycles. The predicted octanol–water partition coefficient (Wildman–Crippen LogP) is 0.534. The van der Waals surface area contributed by atoms with Crippen molar-refractivity contribution in [3.63, 3.8) is 0 Å². The molecule has 1 aliphatic rings. The second kappa shape index (κ2) is 2.75. The van der Waals surface area contributed by atoms with Gasteiger partial charge in [0, 0.05) is 13.1 Å². The van der Waals surface area contributed by atoms with Gasteiger partial charge in [-0.3, -0.25) is 0 Å². The summed E-state index contributed by atoms with van der Waals surface area (Å²) >= 11 is 0. The van der Waals surface area contributed by atoms with Crippen LogP contribution in [0.15, 0.2) is 0 Å². The lowest BCUT2D eigenvalue weighted by molar-refractivity contribution is 0.468. The van der Waals surface area contributed by atoms with E-state index in [1.165, 1.54) is 6.26 Å². The molecule has 1 heterocycles. The largest absolute Gasteiger partial charge is 0.213 e. The molecule has 0 aromatic carbocycles. The number of hydrogen-bond acceptors (Lipinski definition) is 2. The van der Waals surface area contributed by atoms with Gasteiger partial charge in [0.05, 0.1) is 6.26 Å². The second-order valence-corrected chi connectivity index (χ2v) is 5.52. The molecule has 11 heavy (non-hydrogen) atoms. The first kappa shape index (κ1) is 9.00. The zero-order chi connectivity index (χ0) is 8.65. The first-order chi connectivity index (χ1) is 4.91. The minimum absolute atomic E-state index is 0.504. The molecule has 1 rings (SSSR count). The zero-order valence-corrected chi connectivity index (χ0v) is 8.06. The van der Waals surface area contributed by atoms with Crippen LogP contribution in [0.2, 0.25) is 0 Å². The maximum atomic E-state index is 11.1. The highest BCUT2D eigenvalue weighted by atomic mass is 32.2. The van der Waals surface area contributed by atoms with Crippen molar-refractivity contribution in [1.82, 2.24) is 4.31 Å². The Morgan fingerprint density at radius 1 is 1.18 bits per heavy atom. The molecule has 1 fully saturated rings. The molecule has 2 atom stereocenters. The van der Waals surface area contributed by atoms with Gasteiger partial charge in [-0.15, -0.1) is 0 Å². The number of nitrogens with zero attached hydrogens (tertiary/aromatic N) is 1. The van der Waals surface area contributed by atoms with Crippen molar-refractivity contribution >= 4 is 10.0 Å². The Hall–Kier alpha value is -0.0900. The quantitative estimate of drug-likeness (QED) is 0.586. The molecule has 66 valence electrons. The van der Waals surface area contributed by atoms with E-state index in [1.807, 2.05) is 0 Å². The molecule has 0 amide bonds. The van der Waals surface area contributed by atoms with Crippen LogP contribution in [0.3, 0.4) is 0 Å². The van der Waals surface area contributed by atoms with Gasteiger partial charge < -0.3 is 0 Å². The summed E-state index contributed by atoms with van der Waals surface area (Å²) in [6, 6.07) is 0. The van der Waals surface area contributed by atoms with Gasteiger partial charge in [-0.25, -0.2) is 12.7 Å². The Bertz CT molecular complexity index is 225. The van der Waals surface area contributed by atoms with Gasteiger partial charge in [-0.2, -0.15) is 0 Å². The highest BCUT2D eigenvalue weighted by Gasteiger charge is 2.31. The fourth-order valence-corrected chi connectivity index (χ4v) is 2.36. The molecule has 0 aliphatic carbocycles. The summed E-state index contributed by atoms with van der Waals surface area (Å²) < 4.78 is 23.7. The third-order valence-corrected chi connectivity index (χ3v) is 3.66. The molecule has 2 unspecified atom stereocenters. The second-order valence-electron chi connectivity index (χ2n) is 3.53. The van der Waals surface area contributed by atoms with Gasteiger partial charge in [0.1, 0.15) is 0 Å². The summed E-state index contributed by atoms with van der Waals surface area (Å²) in [6.45, 7) is 5.58. The highest BCUT2D eigenvalue weighted by molar-refractivity contribution is 7.88. The van der Waals surface area contributed by atoms with Crippen LogP contribution < -0.4 is 0 Å². The molecule has 0 radical (unpaired) electrons. The van der Waals surface area contributed by atoms with E-state index in [1.54, 1.807) is 4.31 Å². The fraction of sp³-hybridized carbons (Fsp3) is 1.00. The maximum absolute atomic E-state index is 11.1. The van der Waals surface area contributed by atoms with Crippen molar-refractivity contribution < 1.29 is 8.42 Å². The first-order valence-electron chi connectivity index (χ1n) is 3.86. The van der Waals surface area contributed by atoms with Crippen LogP contribution in [0.5, 0.6) is 0 Å². The lowest BCUT2D eigenvalue weighted by atomic mass is 10.0. The van der Waals surface area contributed by atoms with E-state index < -0.39 is 10.0 Å². The topological polar surface area (TPSA) is 37.4 Å².